The number of benzene rings is 1. The summed E-state index contributed by atoms with van der Waals surface area (Å²) in [6, 6.07) is 7.54. The van der Waals surface area contributed by atoms with Crippen LogP contribution in [0.3, 0.4) is 0 Å². The Kier molecular flexibility index (Phi) is 5.00. The van der Waals surface area contributed by atoms with Crippen LogP contribution in [0.2, 0.25) is 5.02 Å². The van der Waals surface area contributed by atoms with Gasteiger partial charge in [-0.3, -0.25) is 4.79 Å². The molecule has 1 aliphatic carbocycles. The van der Waals surface area contributed by atoms with E-state index in [1.807, 2.05) is 24.3 Å². The topological polar surface area (TPSA) is 43.1 Å². The second kappa shape index (κ2) is 6.53. The molecule has 0 unspecified atom stereocenters. The van der Waals surface area contributed by atoms with Gasteiger partial charge in [-0.05, 0) is 30.5 Å². The van der Waals surface area contributed by atoms with Crippen LogP contribution in [-0.2, 0) is 11.2 Å². The monoisotopic (exact) mass is 279 g/mol. The van der Waals surface area contributed by atoms with Crippen molar-refractivity contribution in [1.29, 1.82) is 0 Å². The van der Waals surface area contributed by atoms with E-state index in [0.29, 0.717) is 23.8 Å². The molecule has 2 N–H and O–H groups in total. The molecule has 0 aromatic heterocycles. The van der Waals surface area contributed by atoms with Crippen molar-refractivity contribution in [2.45, 2.75) is 44.9 Å². The second-order valence-corrected chi connectivity index (χ2v) is 6.06. The van der Waals surface area contributed by atoms with Crippen molar-refractivity contribution in [3.63, 3.8) is 0 Å². The van der Waals surface area contributed by atoms with Gasteiger partial charge in [-0.2, -0.15) is 0 Å². The van der Waals surface area contributed by atoms with E-state index in [-0.39, 0.29) is 5.41 Å². The van der Waals surface area contributed by atoms with Crippen LogP contribution in [0.5, 0.6) is 0 Å². The number of nitrogens with two attached hydrogens (primary N) is 1. The van der Waals surface area contributed by atoms with Crippen molar-refractivity contribution < 1.29 is 4.79 Å². The summed E-state index contributed by atoms with van der Waals surface area (Å²) in [7, 11) is 0. The number of carbonyl (C=O) groups is 1. The first-order chi connectivity index (χ1) is 9.16. The van der Waals surface area contributed by atoms with E-state index in [4.69, 9.17) is 17.3 Å². The van der Waals surface area contributed by atoms with Gasteiger partial charge in [0.05, 0.1) is 0 Å². The summed E-state index contributed by atoms with van der Waals surface area (Å²) in [6.45, 7) is 0.486. The Morgan fingerprint density at radius 3 is 2.21 bits per heavy atom. The predicted octanol–water partition coefficient (Wildman–Crippen LogP) is 3.75. The van der Waals surface area contributed by atoms with E-state index < -0.39 is 0 Å². The Balaban J connectivity index is 2.09. The van der Waals surface area contributed by atoms with E-state index in [1.165, 1.54) is 12.8 Å². The van der Waals surface area contributed by atoms with Crippen LogP contribution in [0.4, 0.5) is 0 Å². The van der Waals surface area contributed by atoms with E-state index >= 15 is 0 Å². The Hall–Kier alpha value is -0.860. The minimum atomic E-state index is -0.282. The highest BCUT2D eigenvalue weighted by atomic mass is 35.5. The average molecular weight is 280 g/mol. The first-order valence-electron chi connectivity index (χ1n) is 7.14. The highest BCUT2D eigenvalue weighted by molar-refractivity contribution is 6.30. The Morgan fingerprint density at radius 1 is 1.11 bits per heavy atom. The van der Waals surface area contributed by atoms with Gasteiger partial charge in [-0.1, -0.05) is 49.4 Å². The molecule has 0 aliphatic heterocycles. The zero-order valence-electron chi connectivity index (χ0n) is 11.3. The molecule has 0 spiro atoms. The zero-order valence-corrected chi connectivity index (χ0v) is 12.1. The molecule has 0 bridgehead atoms. The smallest absolute Gasteiger partial charge is 0.144 e. The van der Waals surface area contributed by atoms with E-state index in [1.54, 1.807) is 0 Å². The summed E-state index contributed by atoms with van der Waals surface area (Å²) >= 11 is 5.87. The minimum absolute atomic E-state index is 0.282. The molecule has 0 amide bonds. The van der Waals surface area contributed by atoms with Crippen LogP contribution < -0.4 is 5.73 Å². The third-order valence-electron chi connectivity index (χ3n) is 4.32. The van der Waals surface area contributed by atoms with Crippen LogP contribution in [0.25, 0.3) is 0 Å². The van der Waals surface area contributed by atoms with Crippen LogP contribution in [0, 0.1) is 5.41 Å². The second-order valence-electron chi connectivity index (χ2n) is 5.63. The summed E-state index contributed by atoms with van der Waals surface area (Å²) in [6.07, 6.45) is 7.11. The Labute approximate surface area is 120 Å². The molecule has 1 aromatic rings. The fourth-order valence-electron chi connectivity index (χ4n) is 2.98. The number of hydrogen-bond acceptors (Lipinski definition) is 2. The Bertz CT molecular complexity index is 419. The summed E-state index contributed by atoms with van der Waals surface area (Å²) in [5, 5.41) is 0.708. The lowest BCUT2D eigenvalue weighted by atomic mass is 9.75. The van der Waals surface area contributed by atoms with Gasteiger partial charge in [0.1, 0.15) is 5.78 Å². The quantitative estimate of drug-likeness (QED) is 0.853. The van der Waals surface area contributed by atoms with Crippen molar-refractivity contribution in [3.8, 4) is 0 Å². The van der Waals surface area contributed by atoms with Gasteiger partial charge >= 0.3 is 0 Å². The molecule has 0 radical (unpaired) electrons. The van der Waals surface area contributed by atoms with Crippen molar-refractivity contribution in [3.05, 3.63) is 34.9 Å². The largest absolute Gasteiger partial charge is 0.329 e. The highest BCUT2D eigenvalue weighted by Crippen LogP contribution is 2.36. The molecular formula is C16H22ClNO. The fourth-order valence-corrected chi connectivity index (χ4v) is 3.10. The molecule has 0 atom stereocenters. The standard InChI is InChI=1S/C16H22ClNO/c17-14-7-5-13(6-8-14)11-15(19)16(12-18)9-3-1-2-4-10-16/h5-8H,1-4,9-12,18H2. The number of hydrogen-bond donors (Lipinski definition) is 1. The molecule has 2 nitrogen and oxygen atoms in total. The van der Waals surface area contributed by atoms with Gasteiger partial charge in [0.15, 0.2) is 0 Å². The number of carbonyl (C=O) groups excluding carboxylic acids is 1. The van der Waals surface area contributed by atoms with Crippen molar-refractivity contribution in [2.24, 2.45) is 11.1 Å². The SMILES string of the molecule is NCC1(C(=O)Cc2ccc(Cl)cc2)CCCCCC1. The molecule has 1 fully saturated rings. The summed E-state index contributed by atoms with van der Waals surface area (Å²) in [5.41, 5.74) is 6.70. The molecule has 19 heavy (non-hydrogen) atoms. The van der Waals surface area contributed by atoms with E-state index in [9.17, 15) is 4.79 Å². The van der Waals surface area contributed by atoms with Crippen molar-refractivity contribution in [2.75, 3.05) is 6.54 Å². The first kappa shape index (κ1) is 14.5. The summed E-state index contributed by atoms with van der Waals surface area (Å²) in [4.78, 5) is 12.6. The molecule has 1 saturated carbocycles. The van der Waals surface area contributed by atoms with Crippen molar-refractivity contribution in [1.82, 2.24) is 0 Å². The maximum Gasteiger partial charge on any atom is 0.144 e. The van der Waals surface area contributed by atoms with Crippen molar-refractivity contribution >= 4 is 17.4 Å². The normalized spacial score (nSPS) is 18.8. The van der Waals surface area contributed by atoms with Gasteiger partial charge in [-0.15, -0.1) is 0 Å². The summed E-state index contributed by atoms with van der Waals surface area (Å²) < 4.78 is 0. The average Bonchev–Trinajstić information content (AvgIpc) is 2.67. The number of halogens is 1. The maximum absolute atomic E-state index is 12.6. The molecular weight excluding hydrogens is 258 g/mol. The molecule has 3 heteroatoms. The van der Waals surface area contributed by atoms with Crippen LogP contribution in [-0.4, -0.2) is 12.3 Å². The van der Waals surface area contributed by atoms with Gasteiger partial charge in [0.25, 0.3) is 0 Å². The molecule has 1 aliphatic rings. The van der Waals surface area contributed by atoms with Crippen LogP contribution in [0.15, 0.2) is 24.3 Å². The third kappa shape index (κ3) is 3.58. The van der Waals surface area contributed by atoms with Gasteiger partial charge in [0.2, 0.25) is 0 Å². The molecule has 1 aromatic carbocycles. The van der Waals surface area contributed by atoms with E-state index in [0.717, 1.165) is 31.2 Å². The molecule has 104 valence electrons. The van der Waals surface area contributed by atoms with Crippen LogP contribution in [0.1, 0.15) is 44.1 Å². The van der Waals surface area contributed by atoms with Gasteiger partial charge < -0.3 is 5.73 Å². The van der Waals surface area contributed by atoms with Gasteiger partial charge in [-0.25, -0.2) is 0 Å². The number of Topliss-reactive ketones (excluding diaryl/α,β-unsaturated/α-hetero) is 1. The highest BCUT2D eigenvalue weighted by Gasteiger charge is 2.36. The lowest BCUT2D eigenvalue weighted by Crippen LogP contribution is -2.39. The first-order valence-corrected chi connectivity index (χ1v) is 7.52. The van der Waals surface area contributed by atoms with E-state index in [2.05, 4.69) is 0 Å². The molecule has 2 rings (SSSR count). The third-order valence-corrected chi connectivity index (χ3v) is 4.57. The lowest BCUT2D eigenvalue weighted by Gasteiger charge is -2.29. The molecule has 0 saturated heterocycles. The lowest BCUT2D eigenvalue weighted by molar-refractivity contribution is -0.128. The van der Waals surface area contributed by atoms with Crippen LogP contribution >= 0.6 is 11.6 Å². The number of ketones is 1. The van der Waals surface area contributed by atoms with Gasteiger partial charge in [0, 0.05) is 23.4 Å². The minimum Gasteiger partial charge on any atom is -0.329 e. The fraction of sp³-hybridized carbons (Fsp3) is 0.562. The zero-order chi connectivity index (χ0) is 13.7. The maximum atomic E-state index is 12.6. The predicted molar refractivity (Wildman–Crippen MR) is 79.4 cm³/mol. The Morgan fingerprint density at radius 2 is 1.68 bits per heavy atom. The number of rotatable bonds is 4. The summed E-state index contributed by atoms with van der Waals surface area (Å²) in [5.74, 6) is 0.305. The molecule has 0 heterocycles.